The van der Waals surface area contributed by atoms with Gasteiger partial charge in [0.2, 0.25) is 5.91 Å². The zero-order valence-corrected chi connectivity index (χ0v) is 14.6. The molecule has 0 radical (unpaired) electrons. The molecule has 0 bridgehead atoms. The average Bonchev–Trinajstić information content (AvgIpc) is 3.05. The summed E-state index contributed by atoms with van der Waals surface area (Å²) in [5.74, 6) is -0.0463. The molecule has 2 N–H and O–H groups in total. The Labute approximate surface area is 138 Å². The van der Waals surface area contributed by atoms with Gasteiger partial charge in [-0.1, -0.05) is 6.92 Å². The van der Waals surface area contributed by atoms with Crippen molar-refractivity contribution in [2.24, 2.45) is 11.1 Å². The van der Waals surface area contributed by atoms with Gasteiger partial charge in [-0.25, -0.2) is 4.98 Å². The highest BCUT2D eigenvalue weighted by atomic mass is 32.1. The minimum atomic E-state index is -0.133. The number of nitrogens with zero attached hydrogens (tertiary/aromatic N) is 3. The number of aryl methyl sites for hydroxylation is 2. The van der Waals surface area contributed by atoms with Gasteiger partial charge in [0.15, 0.2) is 0 Å². The van der Waals surface area contributed by atoms with E-state index >= 15 is 0 Å². The fourth-order valence-electron chi connectivity index (χ4n) is 3.03. The molecule has 1 fully saturated rings. The van der Waals surface area contributed by atoms with Crippen LogP contribution >= 0.6 is 11.3 Å². The summed E-state index contributed by atoms with van der Waals surface area (Å²) in [4.78, 5) is 33.1. The second-order valence-electron chi connectivity index (χ2n) is 6.72. The van der Waals surface area contributed by atoms with Crippen molar-refractivity contribution in [3.8, 4) is 0 Å². The Morgan fingerprint density at radius 2 is 2.22 bits per heavy atom. The average molecular weight is 334 g/mol. The van der Waals surface area contributed by atoms with Crippen molar-refractivity contribution in [2.45, 2.75) is 33.7 Å². The third-order valence-electron chi connectivity index (χ3n) is 4.86. The van der Waals surface area contributed by atoms with Crippen molar-refractivity contribution < 1.29 is 4.79 Å². The number of hydrogen-bond acceptors (Lipinski definition) is 5. The minimum absolute atomic E-state index is 0.0100. The molecule has 1 aliphatic heterocycles. The highest BCUT2D eigenvalue weighted by Gasteiger charge is 2.34. The summed E-state index contributed by atoms with van der Waals surface area (Å²) in [5, 5.41) is 0.635. The first kappa shape index (κ1) is 16.1. The smallest absolute Gasteiger partial charge is 0.262 e. The fraction of sp³-hybridized carbons (Fsp3) is 0.562. The summed E-state index contributed by atoms with van der Waals surface area (Å²) < 4.78 is 1.42. The fourth-order valence-corrected chi connectivity index (χ4v) is 4.02. The van der Waals surface area contributed by atoms with Crippen molar-refractivity contribution >= 4 is 27.5 Å². The molecule has 0 saturated carbocycles. The summed E-state index contributed by atoms with van der Waals surface area (Å²) in [5.41, 5.74) is 6.60. The van der Waals surface area contributed by atoms with E-state index in [2.05, 4.69) is 11.9 Å². The normalized spacial score (nSPS) is 21.3. The second kappa shape index (κ2) is 5.72. The van der Waals surface area contributed by atoms with Gasteiger partial charge in [-0.15, -0.1) is 11.3 Å². The van der Waals surface area contributed by atoms with E-state index < -0.39 is 0 Å². The van der Waals surface area contributed by atoms with Gasteiger partial charge in [0.1, 0.15) is 11.4 Å². The SMILES string of the molecule is Cc1sc2ncn(CC(=O)N3CCC(C)(CN)C3)c(=O)c2c1C. The number of likely N-dealkylation sites (tertiary alicyclic amines) is 1. The molecular formula is C16H22N4O2S. The van der Waals surface area contributed by atoms with Gasteiger partial charge in [-0.3, -0.25) is 14.2 Å². The van der Waals surface area contributed by atoms with Crippen LogP contribution in [0.3, 0.4) is 0 Å². The van der Waals surface area contributed by atoms with Crippen LogP contribution in [0.25, 0.3) is 10.2 Å². The van der Waals surface area contributed by atoms with E-state index in [0.717, 1.165) is 21.7 Å². The van der Waals surface area contributed by atoms with Crippen molar-refractivity contribution in [2.75, 3.05) is 19.6 Å². The molecule has 0 spiro atoms. The summed E-state index contributed by atoms with van der Waals surface area (Å²) in [7, 11) is 0. The number of fused-ring (bicyclic) bond motifs is 1. The zero-order chi connectivity index (χ0) is 16.8. The minimum Gasteiger partial charge on any atom is -0.341 e. The molecule has 1 aliphatic rings. The van der Waals surface area contributed by atoms with Gasteiger partial charge in [-0.2, -0.15) is 0 Å². The third kappa shape index (κ3) is 2.79. The number of rotatable bonds is 3. The van der Waals surface area contributed by atoms with Crippen LogP contribution in [0.1, 0.15) is 23.8 Å². The number of hydrogen-bond donors (Lipinski definition) is 1. The van der Waals surface area contributed by atoms with E-state index in [1.807, 2.05) is 13.8 Å². The predicted octanol–water partition coefficient (Wildman–Crippen LogP) is 1.27. The predicted molar refractivity (Wildman–Crippen MR) is 91.7 cm³/mol. The molecule has 6 nitrogen and oxygen atoms in total. The first-order chi connectivity index (χ1) is 10.8. The number of carbonyl (C=O) groups is 1. The largest absolute Gasteiger partial charge is 0.341 e. The van der Waals surface area contributed by atoms with Crippen LogP contribution in [0.2, 0.25) is 0 Å². The van der Waals surface area contributed by atoms with Gasteiger partial charge in [0.25, 0.3) is 5.56 Å². The van der Waals surface area contributed by atoms with E-state index in [9.17, 15) is 9.59 Å². The van der Waals surface area contributed by atoms with Gasteiger partial charge < -0.3 is 10.6 Å². The van der Waals surface area contributed by atoms with E-state index in [0.29, 0.717) is 25.0 Å². The van der Waals surface area contributed by atoms with E-state index in [-0.39, 0.29) is 23.4 Å². The molecule has 23 heavy (non-hydrogen) atoms. The van der Waals surface area contributed by atoms with Crippen molar-refractivity contribution in [3.63, 3.8) is 0 Å². The van der Waals surface area contributed by atoms with Crippen LogP contribution in [-0.2, 0) is 11.3 Å². The Morgan fingerprint density at radius 3 is 2.87 bits per heavy atom. The molecule has 3 rings (SSSR count). The highest BCUT2D eigenvalue weighted by Crippen LogP contribution is 2.29. The Bertz CT molecular complexity index is 825. The summed E-state index contributed by atoms with van der Waals surface area (Å²) in [6, 6.07) is 0. The Hall–Kier alpha value is -1.73. The van der Waals surface area contributed by atoms with E-state index in [1.54, 1.807) is 4.90 Å². The van der Waals surface area contributed by atoms with Gasteiger partial charge in [-0.05, 0) is 37.8 Å². The van der Waals surface area contributed by atoms with Crippen molar-refractivity contribution in [1.29, 1.82) is 0 Å². The van der Waals surface area contributed by atoms with Gasteiger partial charge in [0.05, 0.1) is 11.7 Å². The quantitative estimate of drug-likeness (QED) is 0.916. The monoisotopic (exact) mass is 334 g/mol. The summed E-state index contributed by atoms with van der Waals surface area (Å²) in [6.07, 6.45) is 2.39. The molecule has 1 saturated heterocycles. The Balaban J connectivity index is 1.85. The second-order valence-corrected chi connectivity index (χ2v) is 7.92. The maximum absolute atomic E-state index is 12.6. The van der Waals surface area contributed by atoms with Crippen LogP contribution in [0.15, 0.2) is 11.1 Å². The van der Waals surface area contributed by atoms with E-state index in [1.165, 1.54) is 22.2 Å². The van der Waals surface area contributed by atoms with Crippen LogP contribution in [0.4, 0.5) is 0 Å². The molecule has 2 aromatic heterocycles. The molecule has 1 unspecified atom stereocenters. The molecule has 124 valence electrons. The molecule has 3 heterocycles. The topological polar surface area (TPSA) is 81.2 Å². The molecule has 0 aromatic carbocycles. The summed E-state index contributed by atoms with van der Waals surface area (Å²) >= 11 is 1.51. The van der Waals surface area contributed by atoms with Crippen molar-refractivity contribution in [1.82, 2.24) is 14.5 Å². The lowest BCUT2D eigenvalue weighted by Gasteiger charge is -2.22. The van der Waals surface area contributed by atoms with Crippen LogP contribution in [-0.4, -0.2) is 40.0 Å². The molecule has 7 heteroatoms. The molecule has 1 amide bonds. The standard InChI is InChI=1S/C16H22N4O2S/c1-10-11(2)23-14-13(10)15(22)20(9-18-14)6-12(21)19-5-4-16(3,7-17)8-19/h9H,4-8,17H2,1-3H3. The number of aromatic nitrogens is 2. The maximum Gasteiger partial charge on any atom is 0.262 e. The summed E-state index contributed by atoms with van der Waals surface area (Å²) in [6.45, 7) is 7.97. The lowest BCUT2D eigenvalue weighted by molar-refractivity contribution is -0.131. The Kier molecular flexibility index (Phi) is 4.01. The number of carbonyl (C=O) groups excluding carboxylic acids is 1. The van der Waals surface area contributed by atoms with Gasteiger partial charge >= 0.3 is 0 Å². The highest BCUT2D eigenvalue weighted by molar-refractivity contribution is 7.18. The van der Waals surface area contributed by atoms with Gasteiger partial charge in [0, 0.05) is 18.0 Å². The van der Waals surface area contributed by atoms with Crippen molar-refractivity contribution in [3.05, 3.63) is 27.1 Å². The number of thiophene rings is 1. The number of nitrogens with two attached hydrogens (primary N) is 1. The lowest BCUT2D eigenvalue weighted by atomic mass is 9.90. The molecule has 2 aromatic rings. The van der Waals surface area contributed by atoms with Crippen LogP contribution in [0.5, 0.6) is 0 Å². The third-order valence-corrected chi connectivity index (χ3v) is 5.98. The zero-order valence-electron chi connectivity index (χ0n) is 13.8. The van der Waals surface area contributed by atoms with E-state index in [4.69, 9.17) is 5.73 Å². The molecule has 0 aliphatic carbocycles. The Morgan fingerprint density at radius 1 is 1.48 bits per heavy atom. The molecular weight excluding hydrogens is 312 g/mol. The lowest BCUT2D eigenvalue weighted by Crippen LogP contribution is -2.38. The number of amides is 1. The van der Waals surface area contributed by atoms with Crippen LogP contribution in [0, 0.1) is 19.3 Å². The van der Waals surface area contributed by atoms with Crippen LogP contribution < -0.4 is 11.3 Å². The first-order valence-electron chi connectivity index (χ1n) is 7.77. The molecule has 1 atom stereocenters. The maximum atomic E-state index is 12.6. The first-order valence-corrected chi connectivity index (χ1v) is 8.59.